The Balaban J connectivity index is 2.12. The van der Waals surface area contributed by atoms with Gasteiger partial charge in [-0.1, -0.05) is 13.0 Å². The molecule has 3 heteroatoms. The van der Waals surface area contributed by atoms with E-state index in [2.05, 4.69) is 13.0 Å². The van der Waals surface area contributed by atoms with Gasteiger partial charge in [-0.05, 0) is 48.9 Å². The first-order valence-electron chi connectivity index (χ1n) is 6.87. The average molecular weight is 256 g/mol. The predicted octanol–water partition coefficient (Wildman–Crippen LogP) is 3.02. The number of nitriles is 1. The summed E-state index contributed by atoms with van der Waals surface area (Å²) in [6, 6.07) is 7.83. The summed E-state index contributed by atoms with van der Waals surface area (Å²) < 4.78 is 0. The molecule has 1 atom stereocenters. The number of hydrogen-bond donors (Lipinski definition) is 0. The SMILES string of the molecule is Cc1cc(C#N)ccc1CN1CCC(C)CCC1=O. The second-order valence-electron chi connectivity index (χ2n) is 5.50. The van der Waals surface area contributed by atoms with Crippen molar-refractivity contribution in [3.05, 3.63) is 34.9 Å². The fourth-order valence-corrected chi connectivity index (χ4v) is 2.49. The molecule has 0 spiro atoms. The van der Waals surface area contributed by atoms with Gasteiger partial charge < -0.3 is 4.90 Å². The molecule has 1 saturated heterocycles. The lowest BCUT2D eigenvalue weighted by Crippen LogP contribution is -2.30. The van der Waals surface area contributed by atoms with Crippen LogP contribution in [0.1, 0.15) is 42.9 Å². The number of likely N-dealkylation sites (tertiary alicyclic amines) is 1. The molecule has 0 bridgehead atoms. The van der Waals surface area contributed by atoms with Crippen LogP contribution in [0.25, 0.3) is 0 Å². The van der Waals surface area contributed by atoms with Crippen LogP contribution in [0.2, 0.25) is 0 Å². The minimum Gasteiger partial charge on any atom is -0.338 e. The fraction of sp³-hybridized carbons (Fsp3) is 0.500. The maximum Gasteiger partial charge on any atom is 0.222 e. The third-order valence-corrected chi connectivity index (χ3v) is 3.93. The van der Waals surface area contributed by atoms with Crippen molar-refractivity contribution in [2.45, 2.75) is 39.7 Å². The van der Waals surface area contributed by atoms with E-state index in [9.17, 15) is 4.79 Å². The minimum absolute atomic E-state index is 0.258. The first-order valence-corrected chi connectivity index (χ1v) is 6.87. The van der Waals surface area contributed by atoms with Gasteiger partial charge in [0.15, 0.2) is 0 Å². The van der Waals surface area contributed by atoms with Gasteiger partial charge in [-0.15, -0.1) is 0 Å². The van der Waals surface area contributed by atoms with Gasteiger partial charge in [0.05, 0.1) is 11.6 Å². The Morgan fingerprint density at radius 3 is 2.89 bits per heavy atom. The largest absolute Gasteiger partial charge is 0.338 e. The quantitative estimate of drug-likeness (QED) is 0.816. The number of carbonyl (C=O) groups is 1. The third-order valence-electron chi connectivity index (χ3n) is 3.93. The van der Waals surface area contributed by atoms with E-state index in [1.165, 1.54) is 0 Å². The normalized spacial score (nSPS) is 19.9. The molecule has 0 aliphatic carbocycles. The number of benzene rings is 1. The molecule has 0 radical (unpaired) electrons. The summed E-state index contributed by atoms with van der Waals surface area (Å²) in [5.74, 6) is 0.893. The zero-order valence-electron chi connectivity index (χ0n) is 11.6. The van der Waals surface area contributed by atoms with E-state index in [0.717, 1.165) is 30.5 Å². The van der Waals surface area contributed by atoms with Crippen LogP contribution in [0, 0.1) is 24.2 Å². The van der Waals surface area contributed by atoms with Crippen molar-refractivity contribution >= 4 is 5.91 Å². The number of aryl methyl sites for hydroxylation is 1. The number of carbonyl (C=O) groups excluding carboxylic acids is 1. The van der Waals surface area contributed by atoms with Crippen LogP contribution < -0.4 is 0 Å². The van der Waals surface area contributed by atoms with Crippen LogP contribution in [0.3, 0.4) is 0 Å². The maximum atomic E-state index is 12.1. The number of nitrogens with zero attached hydrogens (tertiary/aromatic N) is 2. The van der Waals surface area contributed by atoms with Crippen LogP contribution in [0.15, 0.2) is 18.2 Å². The molecule has 1 amide bonds. The summed E-state index contributed by atoms with van der Waals surface area (Å²) >= 11 is 0. The van der Waals surface area contributed by atoms with Crippen molar-refractivity contribution < 1.29 is 4.79 Å². The van der Waals surface area contributed by atoms with Crippen molar-refractivity contribution in [3.63, 3.8) is 0 Å². The molecule has 1 aromatic carbocycles. The molecule has 0 aromatic heterocycles. The molecule has 1 unspecified atom stereocenters. The van der Waals surface area contributed by atoms with Crippen molar-refractivity contribution in [1.82, 2.24) is 4.90 Å². The Morgan fingerprint density at radius 1 is 1.42 bits per heavy atom. The fourth-order valence-electron chi connectivity index (χ4n) is 2.49. The van der Waals surface area contributed by atoms with E-state index in [0.29, 0.717) is 24.4 Å². The van der Waals surface area contributed by atoms with Gasteiger partial charge in [-0.3, -0.25) is 4.79 Å². The van der Waals surface area contributed by atoms with Crippen LogP contribution >= 0.6 is 0 Å². The molecule has 2 rings (SSSR count). The molecule has 1 fully saturated rings. The molecule has 100 valence electrons. The Bertz CT molecular complexity index is 516. The zero-order chi connectivity index (χ0) is 13.8. The molecular weight excluding hydrogens is 236 g/mol. The van der Waals surface area contributed by atoms with E-state index >= 15 is 0 Å². The van der Waals surface area contributed by atoms with Crippen LogP contribution in [-0.2, 0) is 11.3 Å². The van der Waals surface area contributed by atoms with Gasteiger partial charge >= 0.3 is 0 Å². The first-order chi connectivity index (χ1) is 9.10. The van der Waals surface area contributed by atoms with Crippen molar-refractivity contribution in [1.29, 1.82) is 5.26 Å². The number of hydrogen-bond acceptors (Lipinski definition) is 2. The van der Waals surface area contributed by atoms with E-state index < -0.39 is 0 Å². The second-order valence-corrected chi connectivity index (χ2v) is 5.50. The Hall–Kier alpha value is -1.82. The highest BCUT2D eigenvalue weighted by molar-refractivity contribution is 5.76. The lowest BCUT2D eigenvalue weighted by atomic mass is 10.0. The van der Waals surface area contributed by atoms with E-state index in [1.54, 1.807) is 0 Å². The van der Waals surface area contributed by atoms with Gasteiger partial charge in [-0.2, -0.15) is 5.26 Å². The maximum absolute atomic E-state index is 12.1. The van der Waals surface area contributed by atoms with Crippen LogP contribution in [0.5, 0.6) is 0 Å². The minimum atomic E-state index is 0.258. The van der Waals surface area contributed by atoms with Crippen LogP contribution in [0.4, 0.5) is 0 Å². The van der Waals surface area contributed by atoms with Gasteiger partial charge in [0, 0.05) is 19.5 Å². The molecule has 1 aromatic rings. The summed E-state index contributed by atoms with van der Waals surface area (Å²) in [6.45, 7) is 5.73. The zero-order valence-corrected chi connectivity index (χ0v) is 11.6. The van der Waals surface area contributed by atoms with Gasteiger partial charge in [0.1, 0.15) is 0 Å². The Labute approximate surface area is 114 Å². The van der Waals surface area contributed by atoms with Crippen molar-refractivity contribution in [2.24, 2.45) is 5.92 Å². The highest BCUT2D eigenvalue weighted by atomic mass is 16.2. The Kier molecular flexibility index (Phi) is 4.21. The standard InChI is InChI=1S/C16H20N2O/c1-12-3-6-16(19)18(8-7-12)11-15-5-4-14(10-17)9-13(15)2/h4-5,9,12H,3,6-8,11H2,1-2H3. The molecule has 0 saturated carbocycles. The summed E-state index contributed by atoms with van der Waals surface area (Å²) in [4.78, 5) is 14.0. The van der Waals surface area contributed by atoms with Gasteiger partial charge in [-0.25, -0.2) is 0 Å². The predicted molar refractivity (Wildman–Crippen MR) is 74.3 cm³/mol. The average Bonchev–Trinajstić information content (AvgIpc) is 2.56. The smallest absolute Gasteiger partial charge is 0.222 e. The summed E-state index contributed by atoms with van der Waals surface area (Å²) in [5.41, 5.74) is 2.91. The summed E-state index contributed by atoms with van der Waals surface area (Å²) in [6.07, 6.45) is 2.75. The monoisotopic (exact) mass is 256 g/mol. The van der Waals surface area contributed by atoms with Crippen LogP contribution in [-0.4, -0.2) is 17.4 Å². The first kappa shape index (κ1) is 13.6. The molecular formula is C16H20N2O. The molecule has 1 aliphatic rings. The number of amides is 1. The van der Waals surface area contributed by atoms with Gasteiger partial charge in [0.2, 0.25) is 5.91 Å². The van der Waals surface area contributed by atoms with Crippen molar-refractivity contribution in [3.8, 4) is 6.07 Å². The lowest BCUT2D eigenvalue weighted by Gasteiger charge is -2.21. The molecule has 19 heavy (non-hydrogen) atoms. The third kappa shape index (κ3) is 3.35. The Morgan fingerprint density at radius 2 is 2.21 bits per heavy atom. The van der Waals surface area contributed by atoms with E-state index in [1.807, 2.05) is 30.0 Å². The summed E-state index contributed by atoms with van der Waals surface area (Å²) in [5, 5.41) is 8.87. The highest BCUT2D eigenvalue weighted by Crippen LogP contribution is 2.20. The van der Waals surface area contributed by atoms with E-state index in [-0.39, 0.29) is 5.91 Å². The van der Waals surface area contributed by atoms with Crippen molar-refractivity contribution in [2.75, 3.05) is 6.54 Å². The molecule has 1 heterocycles. The number of rotatable bonds is 2. The van der Waals surface area contributed by atoms with E-state index in [4.69, 9.17) is 5.26 Å². The highest BCUT2D eigenvalue weighted by Gasteiger charge is 2.20. The van der Waals surface area contributed by atoms with Gasteiger partial charge in [0.25, 0.3) is 0 Å². The lowest BCUT2D eigenvalue weighted by molar-refractivity contribution is -0.131. The molecule has 3 nitrogen and oxygen atoms in total. The second kappa shape index (κ2) is 5.88. The topological polar surface area (TPSA) is 44.1 Å². The molecule has 1 aliphatic heterocycles. The molecule has 0 N–H and O–H groups in total. The summed E-state index contributed by atoms with van der Waals surface area (Å²) in [7, 11) is 0.